The third kappa shape index (κ3) is 2.07. The summed E-state index contributed by atoms with van der Waals surface area (Å²) < 4.78 is 59.5. The minimum absolute atomic E-state index is 0.0666. The van der Waals surface area contributed by atoms with Crippen LogP contribution in [0.15, 0.2) is 24.3 Å². The standard InChI is InChI=1S/C14H7F4NO/c1-20-8-4-2-7(3-5-8)10-13(17)11(15)9(6-19)12(16)14(10)18/h2-5H,1H3. The summed E-state index contributed by atoms with van der Waals surface area (Å²) in [5.41, 5.74) is -2.21. The van der Waals surface area contributed by atoms with E-state index in [4.69, 9.17) is 10.00 Å². The first-order valence-corrected chi connectivity index (χ1v) is 5.41. The van der Waals surface area contributed by atoms with E-state index in [2.05, 4.69) is 0 Å². The minimum Gasteiger partial charge on any atom is -0.497 e. The van der Waals surface area contributed by atoms with Crippen molar-refractivity contribution in [1.29, 1.82) is 5.26 Å². The van der Waals surface area contributed by atoms with Crippen LogP contribution in [0.5, 0.6) is 5.75 Å². The fourth-order valence-electron chi connectivity index (χ4n) is 1.74. The molecule has 0 N–H and O–H groups in total. The second-order valence-corrected chi connectivity index (χ2v) is 3.85. The Morgan fingerprint density at radius 2 is 1.40 bits per heavy atom. The summed E-state index contributed by atoms with van der Waals surface area (Å²) in [4.78, 5) is 0. The monoisotopic (exact) mass is 281 g/mol. The molecule has 0 bridgehead atoms. The van der Waals surface area contributed by atoms with E-state index < -0.39 is 34.4 Å². The molecule has 0 aliphatic heterocycles. The van der Waals surface area contributed by atoms with Gasteiger partial charge in [-0.05, 0) is 17.7 Å². The van der Waals surface area contributed by atoms with Gasteiger partial charge in [-0.1, -0.05) is 12.1 Å². The van der Waals surface area contributed by atoms with Crippen LogP contribution < -0.4 is 4.74 Å². The number of benzene rings is 2. The maximum Gasteiger partial charge on any atom is 0.180 e. The second kappa shape index (κ2) is 5.21. The van der Waals surface area contributed by atoms with Crippen LogP contribution in [0.3, 0.4) is 0 Å². The van der Waals surface area contributed by atoms with Crippen LogP contribution in [-0.4, -0.2) is 7.11 Å². The molecule has 0 fully saturated rings. The third-order valence-electron chi connectivity index (χ3n) is 2.75. The molecular weight excluding hydrogens is 274 g/mol. The van der Waals surface area contributed by atoms with Crippen LogP contribution in [0.1, 0.15) is 5.56 Å². The predicted molar refractivity (Wildman–Crippen MR) is 63.0 cm³/mol. The Balaban J connectivity index is 2.71. The molecule has 0 unspecified atom stereocenters. The first-order chi connectivity index (χ1) is 9.51. The summed E-state index contributed by atoms with van der Waals surface area (Å²) in [6.07, 6.45) is 0. The van der Waals surface area contributed by atoms with Crippen molar-refractivity contribution in [3.05, 3.63) is 53.1 Å². The average molecular weight is 281 g/mol. The van der Waals surface area contributed by atoms with Gasteiger partial charge >= 0.3 is 0 Å². The molecule has 0 aromatic heterocycles. The van der Waals surface area contributed by atoms with Gasteiger partial charge in [-0.3, -0.25) is 0 Å². The number of methoxy groups -OCH3 is 1. The third-order valence-corrected chi connectivity index (χ3v) is 2.75. The van der Waals surface area contributed by atoms with Crippen molar-refractivity contribution in [3.63, 3.8) is 0 Å². The zero-order chi connectivity index (χ0) is 14.9. The summed E-state index contributed by atoms with van der Waals surface area (Å²) in [7, 11) is 1.40. The van der Waals surface area contributed by atoms with Crippen LogP contribution in [0, 0.1) is 34.6 Å². The van der Waals surface area contributed by atoms with Gasteiger partial charge in [0, 0.05) is 0 Å². The van der Waals surface area contributed by atoms with E-state index in [0.717, 1.165) is 6.07 Å². The summed E-state index contributed by atoms with van der Waals surface area (Å²) in [5.74, 6) is -6.21. The Hall–Kier alpha value is -2.55. The molecule has 0 amide bonds. The molecule has 20 heavy (non-hydrogen) atoms. The highest BCUT2D eigenvalue weighted by Gasteiger charge is 2.26. The molecule has 0 spiro atoms. The Morgan fingerprint density at radius 3 is 1.80 bits per heavy atom. The van der Waals surface area contributed by atoms with Crippen molar-refractivity contribution in [3.8, 4) is 22.9 Å². The van der Waals surface area contributed by atoms with E-state index in [0.29, 0.717) is 5.75 Å². The van der Waals surface area contributed by atoms with E-state index in [9.17, 15) is 17.6 Å². The highest BCUT2D eigenvalue weighted by Crippen LogP contribution is 2.32. The number of ether oxygens (including phenoxy) is 1. The van der Waals surface area contributed by atoms with Gasteiger partial charge in [-0.25, -0.2) is 17.6 Å². The highest BCUT2D eigenvalue weighted by molar-refractivity contribution is 5.67. The predicted octanol–water partition coefficient (Wildman–Crippen LogP) is 3.79. The quantitative estimate of drug-likeness (QED) is 0.619. The van der Waals surface area contributed by atoms with Crippen molar-refractivity contribution >= 4 is 0 Å². The van der Waals surface area contributed by atoms with Crippen molar-refractivity contribution < 1.29 is 22.3 Å². The molecule has 2 aromatic rings. The lowest BCUT2D eigenvalue weighted by atomic mass is 10.0. The molecule has 2 rings (SSSR count). The first-order valence-electron chi connectivity index (χ1n) is 5.41. The van der Waals surface area contributed by atoms with Crippen molar-refractivity contribution in [1.82, 2.24) is 0 Å². The molecule has 0 saturated heterocycles. The SMILES string of the molecule is COc1ccc(-c2c(F)c(F)c(C#N)c(F)c2F)cc1. The van der Waals surface area contributed by atoms with Gasteiger partial charge in [-0.15, -0.1) is 0 Å². The molecule has 2 nitrogen and oxygen atoms in total. The summed E-state index contributed by atoms with van der Waals surface area (Å²) in [6, 6.07) is 6.38. The number of rotatable bonds is 2. The van der Waals surface area contributed by atoms with Crippen LogP contribution in [-0.2, 0) is 0 Å². The van der Waals surface area contributed by atoms with Crippen molar-refractivity contribution in [2.75, 3.05) is 7.11 Å². The van der Waals surface area contributed by atoms with Gasteiger partial charge in [0.05, 0.1) is 12.7 Å². The number of halogens is 4. The lowest BCUT2D eigenvalue weighted by molar-refractivity contribution is 0.415. The van der Waals surface area contributed by atoms with Crippen LogP contribution in [0.4, 0.5) is 17.6 Å². The Labute approximate surface area is 111 Å². The lowest BCUT2D eigenvalue weighted by Gasteiger charge is -2.09. The van der Waals surface area contributed by atoms with E-state index >= 15 is 0 Å². The number of hydrogen-bond donors (Lipinski definition) is 0. The topological polar surface area (TPSA) is 33.0 Å². The summed E-state index contributed by atoms with van der Waals surface area (Å²) in [5, 5.41) is 8.50. The zero-order valence-electron chi connectivity index (χ0n) is 10.2. The molecule has 102 valence electrons. The molecule has 0 aliphatic rings. The second-order valence-electron chi connectivity index (χ2n) is 3.85. The molecule has 6 heteroatoms. The molecule has 0 heterocycles. The highest BCUT2D eigenvalue weighted by atomic mass is 19.2. The first kappa shape index (κ1) is 13.9. The number of hydrogen-bond acceptors (Lipinski definition) is 2. The van der Waals surface area contributed by atoms with Gasteiger partial charge in [0.25, 0.3) is 0 Å². The van der Waals surface area contributed by atoms with E-state index in [1.807, 2.05) is 0 Å². The minimum atomic E-state index is -1.71. The van der Waals surface area contributed by atoms with Crippen LogP contribution in [0.2, 0.25) is 0 Å². The van der Waals surface area contributed by atoms with Crippen LogP contribution in [0.25, 0.3) is 11.1 Å². The smallest absolute Gasteiger partial charge is 0.180 e. The Bertz CT molecular complexity index is 676. The molecular formula is C14H7F4NO. The van der Waals surface area contributed by atoms with E-state index in [1.165, 1.54) is 31.4 Å². The normalized spacial score (nSPS) is 10.2. The van der Waals surface area contributed by atoms with E-state index in [1.54, 1.807) is 0 Å². The van der Waals surface area contributed by atoms with Gasteiger partial charge in [0.15, 0.2) is 23.3 Å². The largest absolute Gasteiger partial charge is 0.497 e. The fourth-order valence-corrected chi connectivity index (χ4v) is 1.74. The number of nitrogens with zero attached hydrogens (tertiary/aromatic N) is 1. The van der Waals surface area contributed by atoms with Gasteiger partial charge in [0.2, 0.25) is 0 Å². The zero-order valence-corrected chi connectivity index (χ0v) is 10.2. The van der Waals surface area contributed by atoms with Gasteiger partial charge in [0.1, 0.15) is 17.4 Å². The molecule has 0 atom stereocenters. The molecule has 2 aromatic carbocycles. The van der Waals surface area contributed by atoms with Crippen molar-refractivity contribution in [2.24, 2.45) is 0 Å². The Kier molecular flexibility index (Phi) is 3.61. The lowest BCUT2D eigenvalue weighted by Crippen LogP contribution is -2.03. The molecule has 0 aliphatic carbocycles. The Morgan fingerprint density at radius 1 is 0.900 bits per heavy atom. The summed E-state index contributed by atoms with van der Waals surface area (Å²) in [6.45, 7) is 0. The van der Waals surface area contributed by atoms with Gasteiger partial charge in [-0.2, -0.15) is 5.26 Å². The fraction of sp³-hybridized carbons (Fsp3) is 0.0714. The maximum absolute atomic E-state index is 13.8. The molecule has 0 saturated carbocycles. The average Bonchev–Trinajstić information content (AvgIpc) is 2.47. The van der Waals surface area contributed by atoms with Crippen molar-refractivity contribution in [2.45, 2.75) is 0 Å². The van der Waals surface area contributed by atoms with Crippen LogP contribution >= 0.6 is 0 Å². The maximum atomic E-state index is 13.8. The summed E-state index contributed by atoms with van der Waals surface area (Å²) >= 11 is 0. The number of nitriles is 1. The van der Waals surface area contributed by atoms with E-state index in [-0.39, 0.29) is 5.56 Å². The molecule has 0 radical (unpaired) electrons. The van der Waals surface area contributed by atoms with Gasteiger partial charge < -0.3 is 4.74 Å².